The Morgan fingerprint density at radius 1 is 1.09 bits per heavy atom. The van der Waals surface area contributed by atoms with Gasteiger partial charge < -0.3 is 15.2 Å². The smallest absolute Gasteiger partial charge is 0.339 e. The molecule has 0 radical (unpaired) electrons. The molecule has 0 saturated heterocycles. The number of carbonyl (C=O) groups excluding carboxylic acids is 1. The number of rotatable bonds is 6. The molecule has 2 aromatic carbocycles. The highest BCUT2D eigenvalue weighted by Gasteiger charge is 2.18. The van der Waals surface area contributed by atoms with Crippen LogP contribution in [0, 0.1) is 0 Å². The predicted octanol–water partition coefficient (Wildman–Crippen LogP) is 2.47. The number of aromatic carboxylic acids is 1. The van der Waals surface area contributed by atoms with E-state index in [1.165, 1.54) is 12.1 Å². The van der Waals surface area contributed by atoms with Crippen molar-refractivity contribution >= 4 is 11.9 Å². The van der Waals surface area contributed by atoms with Crippen LogP contribution in [-0.4, -0.2) is 23.1 Å². The van der Waals surface area contributed by atoms with Crippen LogP contribution < -0.4 is 10.1 Å². The first-order valence-electron chi connectivity index (χ1n) is 6.88. The number of benzene rings is 2. The molecule has 5 nitrogen and oxygen atoms in total. The fourth-order valence-corrected chi connectivity index (χ4v) is 1.92. The summed E-state index contributed by atoms with van der Waals surface area (Å²) in [4.78, 5) is 23.1. The molecule has 22 heavy (non-hydrogen) atoms. The van der Waals surface area contributed by atoms with E-state index in [1.54, 1.807) is 19.1 Å². The van der Waals surface area contributed by atoms with Crippen LogP contribution in [0.15, 0.2) is 54.6 Å². The third-order valence-corrected chi connectivity index (χ3v) is 3.10. The van der Waals surface area contributed by atoms with Gasteiger partial charge in [0.25, 0.3) is 5.91 Å². The molecule has 0 spiro atoms. The minimum atomic E-state index is -1.09. The van der Waals surface area contributed by atoms with E-state index in [2.05, 4.69) is 5.32 Å². The molecular formula is C17H17NO4. The molecule has 0 fully saturated rings. The van der Waals surface area contributed by atoms with E-state index in [1.807, 2.05) is 30.3 Å². The molecule has 1 unspecified atom stereocenters. The molecule has 0 bridgehead atoms. The predicted molar refractivity (Wildman–Crippen MR) is 81.8 cm³/mol. The summed E-state index contributed by atoms with van der Waals surface area (Å²) >= 11 is 0. The van der Waals surface area contributed by atoms with Crippen molar-refractivity contribution in [2.24, 2.45) is 0 Å². The monoisotopic (exact) mass is 299 g/mol. The Morgan fingerprint density at radius 3 is 2.41 bits per heavy atom. The zero-order valence-electron chi connectivity index (χ0n) is 12.2. The summed E-state index contributed by atoms with van der Waals surface area (Å²) in [6.07, 6.45) is -0.788. The zero-order valence-corrected chi connectivity index (χ0v) is 12.2. The quantitative estimate of drug-likeness (QED) is 0.859. The van der Waals surface area contributed by atoms with Gasteiger partial charge >= 0.3 is 5.97 Å². The van der Waals surface area contributed by atoms with Gasteiger partial charge in [-0.2, -0.15) is 0 Å². The van der Waals surface area contributed by atoms with Crippen molar-refractivity contribution in [2.75, 3.05) is 0 Å². The number of carbonyl (C=O) groups is 2. The molecule has 0 saturated carbocycles. The maximum absolute atomic E-state index is 12.0. The van der Waals surface area contributed by atoms with Gasteiger partial charge in [0, 0.05) is 6.54 Å². The van der Waals surface area contributed by atoms with E-state index in [0.29, 0.717) is 6.54 Å². The lowest BCUT2D eigenvalue weighted by Gasteiger charge is -2.16. The lowest BCUT2D eigenvalue weighted by Crippen LogP contribution is -2.36. The Morgan fingerprint density at radius 2 is 1.73 bits per heavy atom. The lowest BCUT2D eigenvalue weighted by atomic mass is 10.2. The third-order valence-electron chi connectivity index (χ3n) is 3.10. The van der Waals surface area contributed by atoms with Crippen LogP contribution in [0.2, 0.25) is 0 Å². The van der Waals surface area contributed by atoms with Gasteiger partial charge in [-0.25, -0.2) is 4.79 Å². The van der Waals surface area contributed by atoms with Crippen LogP contribution >= 0.6 is 0 Å². The first kappa shape index (κ1) is 15.6. The molecule has 114 valence electrons. The van der Waals surface area contributed by atoms with Gasteiger partial charge in [0.1, 0.15) is 11.3 Å². The van der Waals surface area contributed by atoms with E-state index in [4.69, 9.17) is 9.84 Å². The number of carboxylic acids is 1. The maximum atomic E-state index is 12.0. The summed E-state index contributed by atoms with van der Waals surface area (Å²) in [7, 11) is 0. The van der Waals surface area contributed by atoms with Crippen LogP contribution in [0.4, 0.5) is 0 Å². The second-order valence-electron chi connectivity index (χ2n) is 4.76. The topological polar surface area (TPSA) is 75.6 Å². The first-order chi connectivity index (χ1) is 10.6. The highest BCUT2D eigenvalue weighted by molar-refractivity contribution is 5.91. The van der Waals surface area contributed by atoms with Crippen molar-refractivity contribution in [3.8, 4) is 5.75 Å². The third kappa shape index (κ3) is 4.09. The van der Waals surface area contributed by atoms with Crippen molar-refractivity contribution in [1.82, 2.24) is 5.32 Å². The number of nitrogens with one attached hydrogen (secondary N) is 1. The van der Waals surface area contributed by atoms with Crippen molar-refractivity contribution in [3.05, 3.63) is 65.7 Å². The standard InChI is InChI=1S/C17H17NO4/c1-12(16(19)18-11-13-7-3-2-4-8-13)22-15-10-6-5-9-14(15)17(20)21/h2-10,12H,11H2,1H3,(H,18,19)(H,20,21). The Hall–Kier alpha value is -2.82. The highest BCUT2D eigenvalue weighted by Crippen LogP contribution is 2.19. The van der Waals surface area contributed by atoms with E-state index in [-0.39, 0.29) is 17.2 Å². The van der Waals surface area contributed by atoms with E-state index >= 15 is 0 Å². The first-order valence-corrected chi connectivity index (χ1v) is 6.88. The molecule has 2 aromatic rings. The molecular weight excluding hydrogens is 282 g/mol. The van der Waals surface area contributed by atoms with E-state index < -0.39 is 12.1 Å². The van der Waals surface area contributed by atoms with Crippen molar-refractivity contribution < 1.29 is 19.4 Å². The molecule has 0 aliphatic carbocycles. The van der Waals surface area contributed by atoms with Crippen molar-refractivity contribution in [1.29, 1.82) is 0 Å². The average molecular weight is 299 g/mol. The van der Waals surface area contributed by atoms with Gasteiger partial charge in [0.15, 0.2) is 6.10 Å². The summed E-state index contributed by atoms with van der Waals surface area (Å²) < 4.78 is 5.46. The molecule has 5 heteroatoms. The fraction of sp³-hybridized carbons (Fsp3) is 0.176. The number of ether oxygens (including phenoxy) is 1. The number of hydrogen-bond acceptors (Lipinski definition) is 3. The minimum Gasteiger partial charge on any atom is -0.480 e. The van der Waals surface area contributed by atoms with Crippen molar-refractivity contribution in [2.45, 2.75) is 19.6 Å². The van der Waals surface area contributed by atoms with Gasteiger partial charge in [-0.15, -0.1) is 0 Å². The Balaban J connectivity index is 1.96. The van der Waals surface area contributed by atoms with Crippen LogP contribution in [-0.2, 0) is 11.3 Å². The minimum absolute atomic E-state index is 0.0326. The summed E-state index contributed by atoms with van der Waals surface area (Å²) in [6.45, 7) is 1.98. The molecule has 1 atom stereocenters. The van der Waals surface area contributed by atoms with Gasteiger partial charge in [-0.3, -0.25) is 4.79 Å². The second kappa shape index (κ2) is 7.26. The lowest BCUT2D eigenvalue weighted by molar-refractivity contribution is -0.127. The normalized spacial score (nSPS) is 11.5. The Kier molecular flexibility index (Phi) is 5.14. The molecule has 0 heterocycles. The summed E-state index contributed by atoms with van der Waals surface area (Å²) in [5.41, 5.74) is 1.01. The van der Waals surface area contributed by atoms with Crippen molar-refractivity contribution in [3.63, 3.8) is 0 Å². The number of carboxylic acid groups (broad SMARTS) is 1. The second-order valence-corrected chi connectivity index (χ2v) is 4.76. The number of amides is 1. The SMILES string of the molecule is CC(Oc1ccccc1C(=O)O)C(=O)NCc1ccccc1. The Bertz CT molecular complexity index is 655. The zero-order chi connectivity index (χ0) is 15.9. The van der Waals surface area contributed by atoms with Gasteiger partial charge in [0.05, 0.1) is 0 Å². The molecule has 0 aromatic heterocycles. The van der Waals surface area contributed by atoms with E-state index in [0.717, 1.165) is 5.56 Å². The van der Waals surface area contributed by atoms with E-state index in [9.17, 15) is 9.59 Å². The van der Waals surface area contributed by atoms with Crippen LogP contribution in [0.3, 0.4) is 0 Å². The highest BCUT2D eigenvalue weighted by atomic mass is 16.5. The fourth-order valence-electron chi connectivity index (χ4n) is 1.92. The Labute approximate surface area is 128 Å². The number of para-hydroxylation sites is 1. The largest absolute Gasteiger partial charge is 0.480 e. The summed E-state index contributed by atoms with van der Waals surface area (Å²) in [6, 6.07) is 15.7. The van der Waals surface area contributed by atoms with Gasteiger partial charge in [0.2, 0.25) is 0 Å². The maximum Gasteiger partial charge on any atom is 0.339 e. The van der Waals surface area contributed by atoms with Gasteiger partial charge in [-0.1, -0.05) is 42.5 Å². The summed E-state index contributed by atoms with van der Waals surface area (Å²) in [5.74, 6) is -1.21. The molecule has 2 rings (SSSR count). The van der Waals surface area contributed by atoms with Gasteiger partial charge in [-0.05, 0) is 24.6 Å². The molecule has 0 aliphatic heterocycles. The summed E-state index contributed by atoms with van der Waals surface area (Å²) in [5, 5.41) is 11.8. The average Bonchev–Trinajstić information content (AvgIpc) is 2.53. The molecule has 1 amide bonds. The van der Waals surface area contributed by atoms with Crippen LogP contribution in [0.5, 0.6) is 5.75 Å². The molecule has 0 aliphatic rings. The molecule has 2 N–H and O–H groups in total. The van der Waals surface area contributed by atoms with Crippen LogP contribution in [0.1, 0.15) is 22.8 Å². The number of hydrogen-bond donors (Lipinski definition) is 2. The van der Waals surface area contributed by atoms with Crippen LogP contribution in [0.25, 0.3) is 0 Å².